The summed E-state index contributed by atoms with van der Waals surface area (Å²) in [6.07, 6.45) is 3.70. The quantitative estimate of drug-likeness (QED) is 0.662. The third kappa shape index (κ3) is 2.42. The van der Waals surface area contributed by atoms with Gasteiger partial charge >= 0.3 is 0 Å². The van der Waals surface area contributed by atoms with Crippen LogP contribution in [0, 0.1) is 0 Å². The molecule has 0 amide bonds. The molecule has 0 fully saturated rings. The maximum absolute atomic E-state index is 9.20. The van der Waals surface area contributed by atoms with Gasteiger partial charge in [0, 0.05) is 11.5 Å². The van der Waals surface area contributed by atoms with Crippen molar-refractivity contribution in [3.63, 3.8) is 0 Å². The maximum atomic E-state index is 9.20. The number of rotatable bonds is 5. The van der Waals surface area contributed by atoms with Crippen molar-refractivity contribution in [2.45, 2.75) is 12.5 Å². The number of nitrogens with zero attached hydrogens (tertiary/aromatic N) is 3. The van der Waals surface area contributed by atoms with Gasteiger partial charge in [-0.05, 0) is 17.9 Å². The summed E-state index contributed by atoms with van der Waals surface area (Å²) in [7, 11) is 0. The van der Waals surface area contributed by atoms with E-state index >= 15 is 0 Å². The summed E-state index contributed by atoms with van der Waals surface area (Å²) in [5.41, 5.74) is 1.41. The second-order valence-electron chi connectivity index (χ2n) is 4.05. The molecule has 3 N–H and O–H groups in total. The highest BCUT2D eigenvalue weighted by Gasteiger charge is 2.15. The molecule has 0 aliphatic heterocycles. The lowest BCUT2D eigenvalue weighted by Gasteiger charge is -2.17. The summed E-state index contributed by atoms with van der Waals surface area (Å²) < 4.78 is 0. The lowest BCUT2D eigenvalue weighted by molar-refractivity contribution is 0.280. The summed E-state index contributed by atoms with van der Waals surface area (Å²) in [6.45, 7) is 0.118. The molecule has 7 heteroatoms. The fraction of sp³-hybridized carbons (Fsp3) is 0.250. The number of H-pyrrole nitrogens is 1. The van der Waals surface area contributed by atoms with Gasteiger partial charge in [0.05, 0.1) is 12.4 Å². The van der Waals surface area contributed by atoms with Crippen molar-refractivity contribution in [2.75, 3.05) is 11.9 Å². The highest BCUT2D eigenvalue weighted by molar-refractivity contribution is 7.10. The third-order valence-corrected chi connectivity index (χ3v) is 3.82. The van der Waals surface area contributed by atoms with Crippen molar-refractivity contribution in [3.8, 4) is 0 Å². The molecule has 0 aliphatic rings. The summed E-state index contributed by atoms with van der Waals surface area (Å²) in [6, 6.07) is 4.08. The molecule has 0 bridgehead atoms. The molecule has 0 saturated carbocycles. The van der Waals surface area contributed by atoms with E-state index in [1.165, 1.54) is 11.2 Å². The number of aliphatic hydroxyl groups excluding tert-OH is 1. The van der Waals surface area contributed by atoms with Gasteiger partial charge in [-0.1, -0.05) is 6.07 Å². The van der Waals surface area contributed by atoms with E-state index in [1.807, 2.05) is 17.5 Å². The van der Waals surface area contributed by atoms with Crippen LogP contribution in [-0.4, -0.2) is 31.6 Å². The number of nitrogens with one attached hydrogen (secondary N) is 2. The van der Waals surface area contributed by atoms with Gasteiger partial charge in [0.1, 0.15) is 11.8 Å². The molecule has 1 unspecified atom stereocenters. The zero-order valence-corrected chi connectivity index (χ0v) is 10.9. The number of anilines is 1. The minimum atomic E-state index is 0.0337. The van der Waals surface area contributed by atoms with Crippen molar-refractivity contribution in [2.24, 2.45) is 0 Å². The zero-order valence-electron chi connectivity index (χ0n) is 10.1. The van der Waals surface area contributed by atoms with Crippen LogP contribution in [0.5, 0.6) is 0 Å². The summed E-state index contributed by atoms with van der Waals surface area (Å²) in [5, 5.41) is 14.6. The van der Waals surface area contributed by atoms with Gasteiger partial charge < -0.3 is 15.4 Å². The van der Waals surface area contributed by atoms with E-state index in [0.717, 1.165) is 5.52 Å². The molecule has 3 heterocycles. The molecule has 0 aliphatic carbocycles. The van der Waals surface area contributed by atoms with Crippen LogP contribution in [0.2, 0.25) is 0 Å². The van der Waals surface area contributed by atoms with E-state index in [1.54, 1.807) is 17.7 Å². The second kappa shape index (κ2) is 5.33. The molecule has 6 nitrogen and oxygen atoms in total. The van der Waals surface area contributed by atoms with Gasteiger partial charge in [0.15, 0.2) is 11.5 Å². The van der Waals surface area contributed by atoms with Crippen molar-refractivity contribution >= 4 is 28.3 Å². The number of hydrogen-bond donors (Lipinski definition) is 3. The van der Waals surface area contributed by atoms with Crippen LogP contribution in [-0.2, 0) is 0 Å². The predicted octanol–water partition coefficient (Wildman–Crippen LogP) is 1.95. The predicted molar refractivity (Wildman–Crippen MR) is 74.1 cm³/mol. The first-order valence-corrected chi connectivity index (χ1v) is 6.81. The van der Waals surface area contributed by atoms with E-state index in [9.17, 15) is 5.11 Å². The largest absolute Gasteiger partial charge is 0.396 e. The Bertz CT molecular complexity index is 651. The minimum absolute atomic E-state index is 0.0337. The van der Waals surface area contributed by atoms with Crippen LogP contribution in [0.4, 0.5) is 5.82 Å². The van der Waals surface area contributed by atoms with Crippen LogP contribution in [0.3, 0.4) is 0 Å². The Morgan fingerprint density at radius 1 is 1.37 bits per heavy atom. The molecule has 0 saturated heterocycles. The lowest BCUT2D eigenvalue weighted by Crippen LogP contribution is -2.12. The molecule has 19 heavy (non-hydrogen) atoms. The monoisotopic (exact) mass is 275 g/mol. The van der Waals surface area contributed by atoms with Gasteiger partial charge in [0.2, 0.25) is 0 Å². The van der Waals surface area contributed by atoms with E-state index < -0.39 is 0 Å². The summed E-state index contributed by atoms with van der Waals surface area (Å²) >= 11 is 1.65. The molecular formula is C12H13N5OS. The number of aliphatic hydroxyl groups is 1. The molecule has 1 atom stereocenters. The minimum Gasteiger partial charge on any atom is -0.396 e. The Kier molecular flexibility index (Phi) is 3.39. The first kappa shape index (κ1) is 12.1. The van der Waals surface area contributed by atoms with Gasteiger partial charge in [-0.15, -0.1) is 11.3 Å². The van der Waals surface area contributed by atoms with Crippen LogP contribution in [0.25, 0.3) is 11.2 Å². The van der Waals surface area contributed by atoms with Crippen LogP contribution in [0.1, 0.15) is 17.3 Å². The molecule has 3 rings (SSSR count). The Balaban J connectivity index is 1.91. The van der Waals surface area contributed by atoms with Crippen molar-refractivity contribution in [1.29, 1.82) is 0 Å². The average Bonchev–Trinajstić information content (AvgIpc) is 3.10. The smallest absolute Gasteiger partial charge is 0.182 e. The molecule has 98 valence electrons. The van der Waals surface area contributed by atoms with Gasteiger partial charge in [-0.3, -0.25) is 0 Å². The van der Waals surface area contributed by atoms with Crippen LogP contribution < -0.4 is 5.32 Å². The first-order valence-electron chi connectivity index (χ1n) is 5.93. The normalized spacial score (nSPS) is 12.7. The fourth-order valence-electron chi connectivity index (χ4n) is 1.94. The van der Waals surface area contributed by atoms with Gasteiger partial charge in [-0.25, -0.2) is 15.0 Å². The highest BCUT2D eigenvalue weighted by atomic mass is 32.1. The summed E-state index contributed by atoms with van der Waals surface area (Å²) in [5.74, 6) is 0.703. The van der Waals surface area contributed by atoms with Gasteiger partial charge in [-0.2, -0.15) is 0 Å². The van der Waals surface area contributed by atoms with E-state index in [-0.39, 0.29) is 12.6 Å². The SMILES string of the molecule is OCCC(Nc1ncnc2nc[nH]c12)c1cccs1. The molecule has 3 aromatic rings. The molecule has 0 aromatic carbocycles. The standard InChI is InChI=1S/C12H13N5OS/c18-4-3-8(9-2-1-5-19-9)17-12-10-11(14-6-13-10)15-7-16-12/h1-2,5-8,18H,3-4H2,(H2,13,14,15,16,17). The zero-order chi connectivity index (χ0) is 13.1. The average molecular weight is 275 g/mol. The van der Waals surface area contributed by atoms with Gasteiger partial charge in [0.25, 0.3) is 0 Å². The molecular weight excluding hydrogens is 262 g/mol. The van der Waals surface area contributed by atoms with Crippen molar-refractivity contribution in [3.05, 3.63) is 35.0 Å². The summed E-state index contributed by atoms with van der Waals surface area (Å²) in [4.78, 5) is 16.6. The van der Waals surface area contributed by atoms with E-state index in [0.29, 0.717) is 17.9 Å². The Morgan fingerprint density at radius 2 is 2.32 bits per heavy atom. The highest BCUT2D eigenvalue weighted by Crippen LogP contribution is 2.27. The number of aromatic amines is 1. The van der Waals surface area contributed by atoms with Crippen molar-refractivity contribution in [1.82, 2.24) is 19.9 Å². The third-order valence-electron chi connectivity index (χ3n) is 2.84. The Labute approximate surface area is 113 Å². The number of thiophene rings is 1. The number of hydrogen-bond acceptors (Lipinski definition) is 6. The van der Waals surface area contributed by atoms with Crippen LogP contribution >= 0.6 is 11.3 Å². The molecule has 0 spiro atoms. The topological polar surface area (TPSA) is 86.7 Å². The Hall–Kier alpha value is -1.99. The number of imidazole rings is 1. The van der Waals surface area contributed by atoms with Crippen molar-refractivity contribution < 1.29 is 5.11 Å². The molecule has 3 aromatic heterocycles. The Morgan fingerprint density at radius 3 is 3.11 bits per heavy atom. The fourth-order valence-corrected chi connectivity index (χ4v) is 2.76. The number of fused-ring (bicyclic) bond motifs is 1. The number of aromatic nitrogens is 4. The van der Waals surface area contributed by atoms with E-state index in [4.69, 9.17) is 0 Å². The molecule has 0 radical (unpaired) electrons. The maximum Gasteiger partial charge on any atom is 0.182 e. The lowest BCUT2D eigenvalue weighted by atomic mass is 10.2. The van der Waals surface area contributed by atoms with E-state index in [2.05, 4.69) is 25.3 Å². The van der Waals surface area contributed by atoms with Crippen LogP contribution in [0.15, 0.2) is 30.2 Å². The first-order chi connectivity index (χ1) is 9.38. The second-order valence-corrected chi connectivity index (χ2v) is 5.03.